The molecule has 11 heteroatoms. The molecule has 0 unspecified atom stereocenters. The van der Waals surface area contributed by atoms with E-state index in [0.717, 1.165) is 40.9 Å². The molecule has 3 aliphatic rings. The van der Waals surface area contributed by atoms with Crippen LogP contribution in [0.3, 0.4) is 0 Å². The van der Waals surface area contributed by atoms with Crippen LogP contribution in [0.25, 0.3) is 21.5 Å². The molecule has 2 aromatic heterocycles. The number of phenols is 2. The third-order valence-electron chi connectivity index (χ3n) is 8.22. The molecule has 7 rings (SSSR count). The number of amides is 1. The summed E-state index contributed by atoms with van der Waals surface area (Å²) in [6.07, 6.45) is 3.69. The van der Waals surface area contributed by atoms with Gasteiger partial charge in [0.15, 0.2) is 17.2 Å². The lowest BCUT2D eigenvalue weighted by Gasteiger charge is -2.30. The molecule has 6 N–H and O–H groups in total. The zero-order chi connectivity index (χ0) is 29.4. The second-order valence-corrected chi connectivity index (χ2v) is 13.1. The number of aromatic hydroxyl groups is 2. The lowest BCUT2D eigenvalue weighted by Crippen LogP contribution is -2.43. The molecule has 2 saturated carbocycles. The topological polar surface area (TPSA) is 160 Å². The second kappa shape index (κ2) is 9.55. The Kier molecular flexibility index (Phi) is 6.12. The first kappa shape index (κ1) is 26.9. The quantitative estimate of drug-likeness (QED) is 0.190. The molecule has 42 heavy (non-hydrogen) atoms. The van der Waals surface area contributed by atoms with Gasteiger partial charge in [-0.25, -0.2) is 9.97 Å². The molecule has 0 saturated heterocycles. The fourth-order valence-electron chi connectivity index (χ4n) is 5.51. The van der Waals surface area contributed by atoms with Crippen molar-refractivity contribution in [2.45, 2.75) is 56.8 Å². The minimum Gasteiger partial charge on any atom is -0.504 e. The van der Waals surface area contributed by atoms with E-state index >= 15 is 0 Å². The second-order valence-electron chi connectivity index (χ2n) is 11.9. The van der Waals surface area contributed by atoms with Gasteiger partial charge in [0.05, 0.1) is 33.6 Å². The van der Waals surface area contributed by atoms with Gasteiger partial charge in [-0.3, -0.25) is 4.79 Å². The molecule has 1 aliphatic heterocycles. The summed E-state index contributed by atoms with van der Waals surface area (Å²) in [7, 11) is 0. The normalized spacial score (nSPS) is 21.0. The van der Waals surface area contributed by atoms with Crippen molar-refractivity contribution in [2.24, 2.45) is 11.7 Å². The van der Waals surface area contributed by atoms with Crippen LogP contribution in [0.4, 0.5) is 0 Å². The van der Waals surface area contributed by atoms with Crippen molar-refractivity contribution in [3.8, 4) is 34.3 Å². The van der Waals surface area contributed by atoms with Gasteiger partial charge in [0, 0.05) is 16.7 Å². The number of phenolic OH excluding ortho intramolecular Hbond substituents is 2. The number of aromatic nitrogens is 2. The fraction of sp³-hybridized carbons (Fsp3) is 0.387. The molecular formula is C31H32N4O6S. The number of rotatable bonds is 8. The van der Waals surface area contributed by atoms with Crippen molar-refractivity contribution in [1.82, 2.24) is 15.3 Å². The smallest absolute Gasteiger partial charge is 0.251 e. The number of pyridine rings is 1. The Hall–Kier alpha value is -3.93. The van der Waals surface area contributed by atoms with Gasteiger partial charge in [-0.15, -0.1) is 11.3 Å². The molecule has 10 nitrogen and oxygen atoms in total. The van der Waals surface area contributed by atoms with E-state index in [0.29, 0.717) is 39.6 Å². The summed E-state index contributed by atoms with van der Waals surface area (Å²) in [5.41, 5.74) is 7.39. The molecule has 4 aromatic rings. The number of hydrogen-bond donors (Lipinski definition) is 5. The average Bonchev–Trinajstić information content (AvgIpc) is 3.89. The van der Waals surface area contributed by atoms with Crippen molar-refractivity contribution in [3.63, 3.8) is 0 Å². The van der Waals surface area contributed by atoms with Crippen molar-refractivity contribution < 1.29 is 29.6 Å². The summed E-state index contributed by atoms with van der Waals surface area (Å²) in [5.74, 6) is 0.0600. The van der Waals surface area contributed by atoms with Gasteiger partial charge in [0.2, 0.25) is 0 Å². The van der Waals surface area contributed by atoms with E-state index in [-0.39, 0.29) is 42.6 Å². The van der Waals surface area contributed by atoms with Crippen LogP contribution < -0.4 is 20.5 Å². The molecule has 0 spiro atoms. The van der Waals surface area contributed by atoms with E-state index < -0.39 is 11.1 Å². The van der Waals surface area contributed by atoms with E-state index in [2.05, 4.69) is 10.3 Å². The van der Waals surface area contributed by atoms with Crippen LogP contribution in [-0.4, -0.2) is 50.5 Å². The number of hydrogen-bond acceptors (Lipinski definition) is 10. The number of nitrogens with one attached hydrogen (secondary N) is 1. The molecule has 218 valence electrons. The maximum absolute atomic E-state index is 13.5. The first-order valence-corrected chi connectivity index (χ1v) is 14.9. The zero-order valence-electron chi connectivity index (χ0n) is 23.3. The van der Waals surface area contributed by atoms with Gasteiger partial charge in [-0.2, -0.15) is 0 Å². The number of aryl methyl sites for hydroxylation is 1. The Morgan fingerprint density at radius 3 is 2.67 bits per heavy atom. The predicted molar refractivity (Wildman–Crippen MR) is 157 cm³/mol. The standard InChI is InChI=1S/C31H32N4O6S/c1-15-34-27-23(41-19-6-7-19)10-17(11-24(27)42-15)29(38)33-13-31(39,18-4-5-18)25-12-20-28(40-14-30(20,2)32)26(35-25)16-3-8-21(36)22(37)9-16/h3,8-12,18-19,36-37,39H,4-7,13-14,32H2,1-2H3,(H,33,38)/t30-,31+/m0/s1. The van der Waals surface area contributed by atoms with E-state index in [4.69, 9.17) is 20.2 Å². The van der Waals surface area contributed by atoms with Crippen molar-refractivity contribution >= 4 is 27.5 Å². The predicted octanol–water partition coefficient (Wildman–Crippen LogP) is 4.21. The van der Waals surface area contributed by atoms with Crippen molar-refractivity contribution in [2.75, 3.05) is 13.2 Å². The van der Waals surface area contributed by atoms with Gasteiger partial charge in [0.1, 0.15) is 29.2 Å². The number of nitrogens with zero attached hydrogens (tertiary/aromatic N) is 2. The van der Waals surface area contributed by atoms with Crippen LogP contribution >= 0.6 is 11.3 Å². The number of carbonyl (C=O) groups excluding carboxylic acids is 1. The third-order valence-corrected chi connectivity index (χ3v) is 9.13. The Labute approximate surface area is 246 Å². The highest BCUT2D eigenvalue weighted by molar-refractivity contribution is 7.18. The van der Waals surface area contributed by atoms with Gasteiger partial charge >= 0.3 is 0 Å². The zero-order valence-corrected chi connectivity index (χ0v) is 24.1. The molecule has 0 bridgehead atoms. The Morgan fingerprint density at radius 1 is 1.17 bits per heavy atom. The maximum Gasteiger partial charge on any atom is 0.251 e. The minimum absolute atomic E-state index is 0.0662. The van der Waals surface area contributed by atoms with E-state index in [9.17, 15) is 20.1 Å². The average molecular weight is 589 g/mol. The van der Waals surface area contributed by atoms with Crippen molar-refractivity contribution in [3.05, 3.63) is 58.2 Å². The van der Waals surface area contributed by atoms with Crippen LogP contribution in [0.5, 0.6) is 23.0 Å². The molecule has 3 heterocycles. The monoisotopic (exact) mass is 588 g/mol. The van der Waals surface area contributed by atoms with Crippen molar-refractivity contribution in [1.29, 1.82) is 0 Å². The highest BCUT2D eigenvalue weighted by Gasteiger charge is 2.48. The molecule has 2 atom stereocenters. The van der Waals surface area contributed by atoms with Crippen LogP contribution in [0.1, 0.15) is 59.2 Å². The summed E-state index contributed by atoms with van der Waals surface area (Å²) in [5, 5.41) is 36.1. The number of fused-ring (bicyclic) bond motifs is 2. The summed E-state index contributed by atoms with van der Waals surface area (Å²) in [6.45, 7) is 3.92. The first-order chi connectivity index (χ1) is 20.0. The first-order valence-electron chi connectivity index (χ1n) is 14.1. The van der Waals surface area contributed by atoms with Crippen LogP contribution in [0.2, 0.25) is 0 Å². The number of nitrogens with two attached hydrogens (primary N) is 1. The Balaban J connectivity index is 1.24. The van der Waals surface area contributed by atoms with Crippen LogP contribution in [0.15, 0.2) is 36.4 Å². The van der Waals surface area contributed by atoms with Gasteiger partial charge in [0.25, 0.3) is 5.91 Å². The SMILES string of the molecule is Cc1nc2c(OC3CC3)cc(C(=O)NC[C@](O)(c3cc4c(c(-c5ccc(O)c(O)c5)n3)OC[C@]4(C)N)C3CC3)cc2s1. The van der Waals surface area contributed by atoms with E-state index in [1.807, 2.05) is 19.9 Å². The summed E-state index contributed by atoms with van der Waals surface area (Å²) < 4.78 is 12.9. The molecule has 0 radical (unpaired) electrons. The summed E-state index contributed by atoms with van der Waals surface area (Å²) in [6, 6.07) is 9.70. The number of aliphatic hydroxyl groups is 1. The number of ether oxygens (including phenoxy) is 2. The molecule has 2 aliphatic carbocycles. The molecule has 2 aromatic carbocycles. The number of benzene rings is 2. The molecular weight excluding hydrogens is 556 g/mol. The summed E-state index contributed by atoms with van der Waals surface area (Å²) >= 11 is 1.51. The van der Waals surface area contributed by atoms with Crippen LogP contribution in [-0.2, 0) is 11.1 Å². The van der Waals surface area contributed by atoms with Gasteiger partial charge < -0.3 is 35.8 Å². The highest BCUT2D eigenvalue weighted by Crippen LogP contribution is 2.49. The van der Waals surface area contributed by atoms with Crippen LogP contribution in [0, 0.1) is 12.8 Å². The third kappa shape index (κ3) is 4.71. The molecule has 1 amide bonds. The van der Waals surface area contributed by atoms with E-state index in [1.165, 1.54) is 23.5 Å². The Bertz CT molecular complexity index is 1750. The lowest BCUT2D eigenvalue weighted by atomic mass is 9.87. The maximum atomic E-state index is 13.5. The summed E-state index contributed by atoms with van der Waals surface area (Å²) in [4.78, 5) is 22.9. The van der Waals surface area contributed by atoms with E-state index in [1.54, 1.807) is 18.2 Å². The highest BCUT2D eigenvalue weighted by atomic mass is 32.1. The number of carbonyl (C=O) groups is 1. The Morgan fingerprint density at radius 2 is 1.95 bits per heavy atom. The fourth-order valence-corrected chi connectivity index (χ4v) is 6.39. The molecule has 2 fully saturated rings. The number of thiazole rings is 1. The van der Waals surface area contributed by atoms with Gasteiger partial charge in [-0.05, 0) is 81.8 Å². The minimum atomic E-state index is -1.48. The largest absolute Gasteiger partial charge is 0.504 e. The lowest BCUT2D eigenvalue weighted by molar-refractivity contribution is 0.00947. The van der Waals surface area contributed by atoms with Gasteiger partial charge in [-0.1, -0.05) is 0 Å².